The van der Waals surface area contributed by atoms with Crippen LogP contribution in [0.25, 0.3) is 55.0 Å². The Morgan fingerprint density at radius 3 is 1.85 bits per heavy atom. The highest BCUT2D eigenvalue weighted by atomic mass is 32.1. The second-order valence-corrected chi connectivity index (χ2v) is 19.4. The molecular formula is C49H60FN11O7S5. The lowest BCUT2D eigenvalue weighted by molar-refractivity contribution is -0.136. The van der Waals surface area contributed by atoms with Gasteiger partial charge >= 0.3 is 12.2 Å². The molecular weight excluding hydrogens is 1030 g/mol. The molecule has 2 saturated heterocycles. The molecule has 0 saturated carbocycles. The van der Waals surface area contributed by atoms with Gasteiger partial charge in [0.1, 0.15) is 45.6 Å². The molecule has 0 radical (unpaired) electrons. The van der Waals surface area contributed by atoms with Crippen molar-refractivity contribution in [3.05, 3.63) is 89.6 Å². The minimum absolute atomic E-state index is 0. The lowest BCUT2D eigenvalue weighted by Crippen LogP contribution is -2.51. The van der Waals surface area contributed by atoms with Crippen molar-refractivity contribution in [1.29, 1.82) is 0 Å². The van der Waals surface area contributed by atoms with Gasteiger partial charge in [-0.15, -0.1) is 11.3 Å². The van der Waals surface area contributed by atoms with E-state index in [0.717, 1.165) is 50.2 Å². The molecule has 3 aliphatic rings. The molecule has 7 aromatic rings. The molecule has 18 nitrogen and oxygen atoms in total. The monoisotopic (exact) mass is 1090 g/mol. The number of halogens is 1. The van der Waals surface area contributed by atoms with Crippen LogP contribution in [0.2, 0.25) is 0 Å². The predicted molar refractivity (Wildman–Crippen MR) is 296 cm³/mol. The fourth-order valence-electron chi connectivity index (χ4n) is 9.89. The van der Waals surface area contributed by atoms with Gasteiger partial charge in [0.25, 0.3) is 0 Å². The van der Waals surface area contributed by atoms with Gasteiger partial charge in [0, 0.05) is 42.0 Å². The van der Waals surface area contributed by atoms with E-state index in [1.807, 2.05) is 68.7 Å². The molecule has 8 heterocycles. The zero-order valence-electron chi connectivity index (χ0n) is 40.9. The molecule has 0 spiro atoms. The Morgan fingerprint density at radius 1 is 0.740 bits per heavy atom. The van der Waals surface area contributed by atoms with Crippen LogP contribution in [0, 0.1) is 17.7 Å². The molecule has 5 atom stereocenters. The number of hydrogen-bond acceptors (Lipinski definition) is 12. The van der Waals surface area contributed by atoms with Crippen LogP contribution in [0.3, 0.4) is 0 Å². The van der Waals surface area contributed by atoms with Crippen LogP contribution in [0.1, 0.15) is 88.2 Å². The summed E-state index contributed by atoms with van der Waals surface area (Å²) in [6.07, 6.45) is 7.55. The summed E-state index contributed by atoms with van der Waals surface area (Å²) in [5, 5.41) is 6.22. The van der Waals surface area contributed by atoms with Crippen LogP contribution in [0.5, 0.6) is 5.75 Å². The van der Waals surface area contributed by atoms with Crippen LogP contribution < -0.4 is 15.4 Å². The number of H-pyrrole nitrogens is 2. The number of methoxy groups -OCH3 is 2. The van der Waals surface area contributed by atoms with Gasteiger partial charge in [0.2, 0.25) is 18.0 Å². The first-order chi connectivity index (χ1) is 33.3. The van der Waals surface area contributed by atoms with E-state index in [1.165, 1.54) is 31.6 Å². The molecule has 10 rings (SSSR count). The number of amides is 4. The number of fused-ring (bicyclic) bond motifs is 6. The number of nitrogens with zero attached hydrogens (tertiary/aromatic N) is 7. The number of thiophene rings is 1. The first-order valence-electron chi connectivity index (χ1n) is 23.1. The van der Waals surface area contributed by atoms with Gasteiger partial charge in [0.05, 0.1) is 71.7 Å². The van der Waals surface area contributed by atoms with Gasteiger partial charge in [-0.05, 0) is 73.9 Å². The maximum atomic E-state index is 16.9. The zero-order chi connectivity index (χ0) is 48.2. The molecule has 24 heteroatoms. The maximum Gasteiger partial charge on any atom is 0.407 e. The highest BCUT2D eigenvalue weighted by Gasteiger charge is 2.40. The molecule has 4 amide bonds. The summed E-state index contributed by atoms with van der Waals surface area (Å²) in [5.41, 5.74) is 5.09. The third kappa shape index (κ3) is 10.6. The molecule has 2 aromatic carbocycles. The fourth-order valence-corrected chi connectivity index (χ4v) is 10.9. The average Bonchev–Trinajstić information content (AvgIpc) is 4.21. The standard InChI is InChI=1S/C49H52FN11O7S.4H2S/c1-24(2)40(57-48(64)66-5)45(62)59-15-7-9-34(59)42-53-22-31(55-42)26-11-12-33-28(17-26)19-36-39-29(50)18-27(20-37(39)68-47(61(33)36)38-21-30-44(69-38)52-14-13-51-30)32-23-54-43(56-32)35-10-8-16-60(35)46(63)41(25(3)4)58-49(65)67-6;;;;/h11-14,17-25,34-35,40-41,47H,7-10,15-16H2,1-6H3,(H,53,55)(H,54,56)(H,57,64)(H,58,65);4*1H2/t34-,35-,40-,41-,47?;;;;/m0..../s1. The zero-order valence-corrected chi connectivity index (χ0v) is 45.7. The Kier molecular flexibility index (Phi) is 17.8. The number of hydrogen-bond donors (Lipinski definition) is 4. The number of benzene rings is 2. The quantitative estimate of drug-likeness (QED) is 0.0961. The van der Waals surface area contributed by atoms with E-state index in [1.54, 1.807) is 34.6 Å². The first kappa shape index (κ1) is 56.3. The van der Waals surface area contributed by atoms with E-state index in [0.29, 0.717) is 65.8 Å². The topological polar surface area (TPSA) is 215 Å². The van der Waals surface area contributed by atoms with Crippen LogP contribution >= 0.6 is 65.3 Å². The summed E-state index contributed by atoms with van der Waals surface area (Å²) in [6.45, 7) is 8.52. The third-order valence-corrected chi connectivity index (χ3v) is 14.4. The molecule has 3 aliphatic heterocycles. The van der Waals surface area contributed by atoms with E-state index < -0.39 is 36.3 Å². The van der Waals surface area contributed by atoms with E-state index in [4.69, 9.17) is 24.2 Å². The number of aromatic nitrogens is 7. The molecule has 2 fully saturated rings. The Labute approximate surface area is 452 Å². The average molecular weight is 1090 g/mol. The highest BCUT2D eigenvalue weighted by molar-refractivity contribution is 7.59. The van der Waals surface area contributed by atoms with Gasteiger partial charge in [0.15, 0.2) is 0 Å². The fraction of sp³-hybridized carbons (Fsp3) is 0.388. The van der Waals surface area contributed by atoms with Crippen molar-refractivity contribution in [2.24, 2.45) is 11.8 Å². The minimum atomic E-state index is -0.783. The maximum absolute atomic E-state index is 16.9. The SMILES string of the molecule is COC(=O)N[C@H](C(=O)N1CCC[C@H]1c1ncc(-c2cc(F)c3c(c2)OC(c2cc4nccnc4s2)n2c-3cc3cc(-c4cnc([C@@H]5CCCN5C(=O)[C@@H](NC(=O)OC)C(C)C)[nH]4)ccc32)[nH]1)C(C)C.S.S.S.S. The molecule has 0 bridgehead atoms. The van der Waals surface area contributed by atoms with Crippen molar-refractivity contribution in [2.45, 2.75) is 83.8 Å². The van der Waals surface area contributed by atoms with Crippen molar-refractivity contribution in [3.8, 4) is 39.5 Å². The summed E-state index contributed by atoms with van der Waals surface area (Å²) in [4.78, 5) is 82.3. The number of likely N-dealkylation sites (tertiary alicyclic amines) is 2. The first-order valence-corrected chi connectivity index (χ1v) is 23.9. The second-order valence-electron chi connectivity index (χ2n) is 18.3. The van der Waals surface area contributed by atoms with Crippen LogP contribution in [-0.4, -0.2) is 108 Å². The number of rotatable bonds is 11. The van der Waals surface area contributed by atoms with Crippen molar-refractivity contribution in [2.75, 3.05) is 27.3 Å². The summed E-state index contributed by atoms with van der Waals surface area (Å²) in [7, 11) is 2.54. The van der Waals surface area contributed by atoms with Crippen LogP contribution in [-0.2, 0) is 19.1 Å². The molecule has 1 unspecified atom stereocenters. The van der Waals surface area contributed by atoms with Crippen molar-refractivity contribution in [3.63, 3.8) is 0 Å². The van der Waals surface area contributed by atoms with Gasteiger partial charge < -0.3 is 44.6 Å². The van der Waals surface area contributed by atoms with Gasteiger partial charge in [-0.1, -0.05) is 33.8 Å². The van der Waals surface area contributed by atoms with E-state index >= 15 is 4.39 Å². The van der Waals surface area contributed by atoms with E-state index in [2.05, 4.69) is 30.6 Å². The smallest absolute Gasteiger partial charge is 0.407 e. The number of carbonyl (C=O) groups is 4. The highest BCUT2D eigenvalue weighted by Crippen LogP contribution is 2.49. The van der Waals surface area contributed by atoms with E-state index in [-0.39, 0.29) is 89.7 Å². The summed E-state index contributed by atoms with van der Waals surface area (Å²) < 4.78 is 35.4. The number of ether oxygens (including phenoxy) is 3. The van der Waals surface area contributed by atoms with E-state index in [9.17, 15) is 19.2 Å². The Morgan fingerprint density at radius 2 is 1.30 bits per heavy atom. The number of aromatic amines is 2. The third-order valence-electron chi connectivity index (χ3n) is 13.3. The number of imidazole rings is 2. The number of carbonyl (C=O) groups excluding carboxylic acids is 4. The summed E-state index contributed by atoms with van der Waals surface area (Å²) in [6, 6.07) is 11.0. The summed E-state index contributed by atoms with van der Waals surface area (Å²) in [5.74, 6) is 0.273. The lowest BCUT2D eigenvalue weighted by atomic mass is 10.0. The molecule has 4 N–H and O–H groups in total. The van der Waals surface area contributed by atoms with Gasteiger partial charge in [-0.3, -0.25) is 19.1 Å². The number of alkyl carbamates (subject to hydrolysis) is 2. The van der Waals surface area contributed by atoms with Crippen molar-refractivity contribution >= 4 is 111 Å². The normalized spacial score (nSPS) is 17.6. The van der Waals surface area contributed by atoms with Gasteiger partial charge in [-0.25, -0.2) is 28.9 Å². The van der Waals surface area contributed by atoms with Crippen molar-refractivity contribution < 1.29 is 37.8 Å². The summed E-state index contributed by atoms with van der Waals surface area (Å²) >= 11 is 1.45. The van der Waals surface area contributed by atoms with Gasteiger partial charge in [-0.2, -0.15) is 54.0 Å². The Bertz CT molecular complexity index is 3110. The molecule has 0 aliphatic carbocycles. The van der Waals surface area contributed by atoms with Crippen LogP contribution in [0.15, 0.2) is 67.3 Å². The van der Waals surface area contributed by atoms with Crippen LogP contribution in [0.4, 0.5) is 14.0 Å². The van der Waals surface area contributed by atoms with Crippen molar-refractivity contribution in [1.82, 2.24) is 54.9 Å². The number of nitrogens with one attached hydrogen (secondary N) is 4. The molecule has 73 heavy (non-hydrogen) atoms. The lowest BCUT2D eigenvalue weighted by Gasteiger charge is -2.30. The largest absolute Gasteiger partial charge is 0.464 e. The second kappa shape index (κ2) is 23.1. The predicted octanol–water partition coefficient (Wildman–Crippen LogP) is 8.71. The Balaban J connectivity index is 0.00000217. The Hall–Kier alpha value is -5.95. The molecule has 390 valence electrons. The minimum Gasteiger partial charge on any atom is -0.464 e. The molecule has 5 aromatic heterocycles.